The maximum absolute atomic E-state index is 12.5. The first-order chi connectivity index (χ1) is 11.2. The topological polar surface area (TPSA) is 96.5 Å². The number of aromatic nitrogens is 5. The van der Waals surface area contributed by atoms with Crippen LogP contribution in [-0.4, -0.2) is 31.1 Å². The number of anilines is 1. The van der Waals surface area contributed by atoms with Crippen LogP contribution < -0.4 is 5.32 Å². The normalized spacial score (nSPS) is 11.9. The van der Waals surface area contributed by atoms with E-state index in [2.05, 4.69) is 25.4 Å². The Morgan fingerprint density at radius 1 is 1.17 bits per heavy atom. The molecule has 0 saturated heterocycles. The average Bonchev–Trinajstić information content (AvgIpc) is 3.03. The van der Waals surface area contributed by atoms with Gasteiger partial charge in [-0.05, 0) is 26.3 Å². The highest BCUT2D eigenvalue weighted by molar-refractivity contribution is 7.20. The molecule has 11 heteroatoms. The highest BCUT2D eigenvalue weighted by Gasteiger charge is 2.35. The van der Waals surface area contributed by atoms with E-state index in [1.807, 2.05) is 6.92 Å². The van der Waals surface area contributed by atoms with Crippen LogP contribution >= 0.6 is 11.3 Å². The summed E-state index contributed by atoms with van der Waals surface area (Å²) in [5.74, 6) is -1.73. The van der Waals surface area contributed by atoms with Crippen molar-refractivity contribution in [2.75, 3.05) is 5.32 Å². The van der Waals surface area contributed by atoms with Crippen LogP contribution in [0.2, 0.25) is 0 Å². The van der Waals surface area contributed by atoms with Gasteiger partial charge in [0, 0.05) is 11.1 Å². The van der Waals surface area contributed by atoms with Gasteiger partial charge in [-0.1, -0.05) is 0 Å². The second kappa shape index (κ2) is 5.51. The standard InChI is InChI=1S/C13H11F3N6OS/c1-4-7-5(2)17-6(3)18-10(7)24-8(4)9(23)19-12-20-11(21-22-12)13(14,15)16/h1-3H3,(H2,19,20,21,22,23). The van der Waals surface area contributed by atoms with Crippen LogP contribution in [0.1, 0.15) is 32.6 Å². The van der Waals surface area contributed by atoms with Crippen molar-refractivity contribution in [3.05, 3.63) is 27.8 Å². The molecule has 0 saturated carbocycles. The van der Waals surface area contributed by atoms with E-state index in [1.54, 1.807) is 18.9 Å². The Morgan fingerprint density at radius 2 is 1.88 bits per heavy atom. The third-order valence-electron chi connectivity index (χ3n) is 3.27. The smallest absolute Gasteiger partial charge is 0.288 e. The van der Waals surface area contributed by atoms with E-state index in [4.69, 9.17) is 0 Å². The minimum Gasteiger partial charge on any atom is -0.288 e. The molecule has 126 valence electrons. The molecule has 0 atom stereocenters. The van der Waals surface area contributed by atoms with Gasteiger partial charge in [0.1, 0.15) is 10.7 Å². The summed E-state index contributed by atoms with van der Waals surface area (Å²) in [4.78, 5) is 25.1. The van der Waals surface area contributed by atoms with Gasteiger partial charge >= 0.3 is 6.18 Å². The number of alkyl halides is 3. The number of amides is 1. The number of aryl methyl sites for hydroxylation is 3. The monoisotopic (exact) mass is 356 g/mol. The van der Waals surface area contributed by atoms with E-state index >= 15 is 0 Å². The largest absolute Gasteiger partial charge is 0.451 e. The number of halogens is 3. The number of carbonyl (C=O) groups excluding carboxylic acids is 1. The Balaban J connectivity index is 1.93. The first kappa shape index (κ1) is 16.3. The summed E-state index contributed by atoms with van der Waals surface area (Å²) in [7, 11) is 0. The number of nitrogens with zero attached hydrogens (tertiary/aromatic N) is 4. The summed E-state index contributed by atoms with van der Waals surface area (Å²) in [5, 5.41) is 8.11. The maximum atomic E-state index is 12.5. The molecule has 24 heavy (non-hydrogen) atoms. The summed E-state index contributed by atoms with van der Waals surface area (Å²) in [6.45, 7) is 5.29. The Hall–Kier alpha value is -2.56. The highest BCUT2D eigenvalue weighted by Crippen LogP contribution is 2.32. The molecular weight excluding hydrogens is 345 g/mol. The second-order valence-corrected chi connectivity index (χ2v) is 6.05. The Kier molecular flexibility index (Phi) is 3.74. The van der Waals surface area contributed by atoms with Gasteiger partial charge in [-0.25, -0.2) is 9.97 Å². The quantitative estimate of drug-likeness (QED) is 0.736. The van der Waals surface area contributed by atoms with Gasteiger partial charge in [0.2, 0.25) is 11.8 Å². The Morgan fingerprint density at radius 3 is 2.50 bits per heavy atom. The van der Waals surface area contributed by atoms with E-state index in [-0.39, 0.29) is 0 Å². The number of rotatable bonds is 2. The Bertz CT molecular complexity index is 945. The van der Waals surface area contributed by atoms with Crippen molar-refractivity contribution in [1.29, 1.82) is 0 Å². The number of aromatic amines is 1. The number of hydrogen-bond donors (Lipinski definition) is 2. The van der Waals surface area contributed by atoms with Crippen LogP contribution in [-0.2, 0) is 6.18 Å². The number of fused-ring (bicyclic) bond motifs is 1. The highest BCUT2D eigenvalue weighted by atomic mass is 32.1. The maximum Gasteiger partial charge on any atom is 0.451 e. The van der Waals surface area contributed by atoms with E-state index in [0.29, 0.717) is 21.1 Å². The summed E-state index contributed by atoms with van der Waals surface area (Å²) in [5.41, 5.74) is 1.40. The number of H-pyrrole nitrogens is 1. The summed E-state index contributed by atoms with van der Waals surface area (Å²) in [6.07, 6.45) is -4.66. The van der Waals surface area contributed by atoms with Crippen LogP contribution in [0.25, 0.3) is 10.2 Å². The molecule has 0 aliphatic rings. The number of thiophene rings is 1. The van der Waals surface area contributed by atoms with Crippen LogP contribution in [0, 0.1) is 20.8 Å². The van der Waals surface area contributed by atoms with Gasteiger partial charge in [-0.15, -0.1) is 16.4 Å². The lowest BCUT2D eigenvalue weighted by atomic mass is 10.1. The van der Waals surface area contributed by atoms with Crippen LogP contribution in [0.15, 0.2) is 0 Å². The lowest BCUT2D eigenvalue weighted by Crippen LogP contribution is -2.13. The zero-order valence-corrected chi connectivity index (χ0v) is 13.6. The summed E-state index contributed by atoms with van der Waals surface area (Å²) < 4.78 is 37.5. The van der Waals surface area contributed by atoms with E-state index in [1.165, 1.54) is 0 Å². The fourth-order valence-corrected chi connectivity index (χ4v) is 3.47. The molecule has 0 spiro atoms. The molecule has 0 aromatic carbocycles. The van der Waals surface area contributed by atoms with Crippen LogP contribution in [0.3, 0.4) is 0 Å². The molecule has 2 N–H and O–H groups in total. The molecule has 0 unspecified atom stereocenters. The second-order valence-electron chi connectivity index (χ2n) is 5.05. The van der Waals surface area contributed by atoms with Gasteiger partial charge < -0.3 is 0 Å². The van der Waals surface area contributed by atoms with Crippen LogP contribution in [0.5, 0.6) is 0 Å². The van der Waals surface area contributed by atoms with Crippen molar-refractivity contribution in [2.24, 2.45) is 0 Å². The number of hydrogen-bond acceptors (Lipinski definition) is 6. The number of carbonyl (C=O) groups is 1. The van der Waals surface area contributed by atoms with Crippen molar-refractivity contribution >= 4 is 33.4 Å². The molecule has 3 aromatic rings. The van der Waals surface area contributed by atoms with Gasteiger partial charge in [-0.2, -0.15) is 18.2 Å². The Labute approximate surface area is 137 Å². The van der Waals surface area contributed by atoms with Gasteiger partial charge in [-0.3, -0.25) is 15.2 Å². The van der Waals surface area contributed by atoms with Gasteiger partial charge in [0.15, 0.2) is 0 Å². The molecule has 3 rings (SSSR count). The predicted molar refractivity (Wildman–Crippen MR) is 81.0 cm³/mol. The van der Waals surface area contributed by atoms with E-state index in [9.17, 15) is 18.0 Å². The van der Waals surface area contributed by atoms with Crippen molar-refractivity contribution < 1.29 is 18.0 Å². The molecule has 0 fully saturated rings. The SMILES string of the molecule is Cc1nc(C)c2c(C)c(C(=O)Nc3n[nH]c(C(F)(F)F)n3)sc2n1. The predicted octanol–water partition coefficient (Wildman–Crippen LogP) is 3.01. The molecule has 0 radical (unpaired) electrons. The minimum atomic E-state index is -4.66. The molecule has 0 aliphatic carbocycles. The molecule has 0 bridgehead atoms. The fraction of sp³-hybridized carbons (Fsp3) is 0.308. The lowest BCUT2D eigenvalue weighted by Gasteiger charge is -2.01. The van der Waals surface area contributed by atoms with E-state index < -0.39 is 23.9 Å². The first-order valence-electron chi connectivity index (χ1n) is 6.72. The van der Waals surface area contributed by atoms with E-state index in [0.717, 1.165) is 22.4 Å². The van der Waals surface area contributed by atoms with Crippen LogP contribution in [0.4, 0.5) is 19.1 Å². The minimum absolute atomic E-state index is 0.325. The van der Waals surface area contributed by atoms with Crippen molar-refractivity contribution in [2.45, 2.75) is 26.9 Å². The van der Waals surface area contributed by atoms with Crippen molar-refractivity contribution in [3.63, 3.8) is 0 Å². The molecule has 7 nitrogen and oxygen atoms in total. The zero-order valence-electron chi connectivity index (χ0n) is 12.7. The number of nitrogens with one attached hydrogen (secondary N) is 2. The summed E-state index contributed by atoms with van der Waals surface area (Å²) >= 11 is 1.14. The average molecular weight is 356 g/mol. The third kappa shape index (κ3) is 2.82. The lowest BCUT2D eigenvalue weighted by molar-refractivity contribution is -0.144. The van der Waals surface area contributed by atoms with Gasteiger partial charge in [0.25, 0.3) is 5.91 Å². The summed E-state index contributed by atoms with van der Waals surface area (Å²) in [6, 6.07) is 0. The molecule has 0 aliphatic heterocycles. The van der Waals surface area contributed by atoms with Crippen molar-refractivity contribution in [1.82, 2.24) is 25.1 Å². The molecule has 3 heterocycles. The molecule has 3 aromatic heterocycles. The fourth-order valence-electron chi connectivity index (χ4n) is 2.29. The zero-order chi connectivity index (χ0) is 17.6. The first-order valence-corrected chi connectivity index (χ1v) is 7.53. The molecule has 1 amide bonds. The van der Waals surface area contributed by atoms with Crippen molar-refractivity contribution in [3.8, 4) is 0 Å². The van der Waals surface area contributed by atoms with Gasteiger partial charge in [0.05, 0.1) is 4.88 Å². The molecular formula is C13H11F3N6OS. The third-order valence-corrected chi connectivity index (χ3v) is 4.45.